The van der Waals surface area contributed by atoms with E-state index in [4.69, 9.17) is 10.5 Å². The molecular formula is C16H25NO. The van der Waals surface area contributed by atoms with Gasteiger partial charge in [0.2, 0.25) is 0 Å². The minimum Gasteiger partial charge on any atom is -0.381 e. The molecule has 1 atom stereocenters. The lowest BCUT2D eigenvalue weighted by atomic mass is 9.77. The van der Waals surface area contributed by atoms with Gasteiger partial charge in [0.05, 0.1) is 0 Å². The van der Waals surface area contributed by atoms with Gasteiger partial charge >= 0.3 is 0 Å². The molecule has 0 spiro atoms. The molecule has 1 saturated heterocycles. The average Bonchev–Trinajstić information content (AvgIpc) is 2.41. The van der Waals surface area contributed by atoms with Crippen LogP contribution in [0.25, 0.3) is 0 Å². The van der Waals surface area contributed by atoms with Crippen LogP contribution in [0.5, 0.6) is 0 Å². The standard InChI is InChI=1S/C16H25NO/c1-2-10-16(17,15-6-4-3-5-7-15)13-14-8-11-18-12-9-14/h3-7,14H,2,8-13,17H2,1H3. The molecule has 2 rings (SSSR count). The summed E-state index contributed by atoms with van der Waals surface area (Å²) < 4.78 is 5.44. The van der Waals surface area contributed by atoms with Gasteiger partial charge in [0.25, 0.3) is 0 Å². The minimum atomic E-state index is -0.155. The zero-order valence-electron chi connectivity index (χ0n) is 11.4. The van der Waals surface area contributed by atoms with Gasteiger partial charge < -0.3 is 10.5 Å². The van der Waals surface area contributed by atoms with Crippen LogP contribution in [-0.2, 0) is 10.3 Å². The Balaban J connectivity index is 2.10. The molecule has 1 heterocycles. The van der Waals surface area contributed by atoms with Crippen molar-refractivity contribution in [3.63, 3.8) is 0 Å². The fraction of sp³-hybridized carbons (Fsp3) is 0.625. The first-order valence-corrected chi connectivity index (χ1v) is 7.17. The second kappa shape index (κ2) is 6.35. The molecule has 0 aliphatic carbocycles. The summed E-state index contributed by atoms with van der Waals surface area (Å²) in [6.45, 7) is 4.03. The summed E-state index contributed by atoms with van der Waals surface area (Å²) >= 11 is 0. The smallest absolute Gasteiger partial charge is 0.0468 e. The average molecular weight is 247 g/mol. The molecule has 1 aliphatic heterocycles. The van der Waals surface area contributed by atoms with E-state index in [1.807, 2.05) is 0 Å². The van der Waals surface area contributed by atoms with Gasteiger partial charge in [-0.1, -0.05) is 43.7 Å². The van der Waals surface area contributed by atoms with Crippen molar-refractivity contribution < 1.29 is 4.74 Å². The van der Waals surface area contributed by atoms with Crippen LogP contribution in [0.4, 0.5) is 0 Å². The Morgan fingerprint density at radius 3 is 2.50 bits per heavy atom. The highest BCUT2D eigenvalue weighted by atomic mass is 16.5. The lowest BCUT2D eigenvalue weighted by Crippen LogP contribution is -2.39. The molecule has 1 aromatic rings. The van der Waals surface area contributed by atoms with Gasteiger partial charge in [-0.15, -0.1) is 0 Å². The Morgan fingerprint density at radius 2 is 1.89 bits per heavy atom. The second-order valence-electron chi connectivity index (χ2n) is 5.53. The van der Waals surface area contributed by atoms with Crippen LogP contribution < -0.4 is 5.73 Å². The molecule has 100 valence electrons. The normalized spacial score (nSPS) is 20.6. The SMILES string of the molecule is CCCC(N)(CC1CCOCC1)c1ccccc1. The van der Waals surface area contributed by atoms with Gasteiger partial charge in [0, 0.05) is 18.8 Å². The fourth-order valence-electron chi connectivity index (χ4n) is 3.05. The molecule has 18 heavy (non-hydrogen) atoms. The van der Waals surface area contributed by atoms with E-state index < -0.39 is 0 Å². The first kappa shape index (κ1) is 13.6. The predicted molar refractivity (Wildman–Crippen MR) is 75.4 cm³/mol. The van der Waals surface area contributed by atoms with E-state index in [0.29, 0.717) is 0 Å². The Labute approximate surface area is 111 Å². The van der Waals surface area contributed by atoms with E-state index in [9.17, 15) is 0 Å². The molecule has 0 bridgehead atoms. The van der Waals surface area contributed by atoms with Crippen molar-refractivity contribution >= 4 is 0 Å². The number of hydrogen-bond acceptors (Lipinski definition) is 2. The van der Waals surface area contributed by atoms with Crippen molar-refractivity contribution in [2.24, 2.45) is 11.7 Å². The van der Waals surface area contributed by atoms with Gasteiger partial charge in [-0.05, 0) is 37.2 Å². The summed E-state index contributed by atoms with van der Waals surface area (Å²) in [7, 11) is 0. The maximum atomic E-state index is 6.72. The highest BCUT2D eigenvalue weighted by Crippen LogP contribution is 2.34. The van der Waals surface area contributed by atoms with Crippen LogP contribution in [0.15, 0.2) is 30.3 Å². The van der Waals surface area contributed by atoms with Crippen LogP contribution in [0.3, 0.4) is 0 Å². The summed E-state index contributed by atoms with van der Waals surface area (Å²) in [5, 5.41) is 0. The summed E-state index contributed by atoms with van der Waals surface area (Å²) in [6, 6.07) is 10.6. The highest BCUT2D eigenvalue weighted by molar-refractivity contribution is 5.24. The molecule has 0 saturated carbocycles. The quantitative estimate of drug-likeness (QED) is 0.865. The molecule has 0 amide bonds. The topological polar surface area (TPSA) is 35.2 Å². The van der Waals surface area contributed by atoms with E-state index in [1.54, 1.807) is 0 Å². The molecule has 0 aromatic heterocycles. The minimum absolute atomic E-state index is 0.155. The summed E-state index contributed by atoms with van der Waals surface area (Å²) in [5.41, 5.74) is 7.86. The number of nitrogens with two attached hydrogens (primary N) is 1. The van der Waals surface area contributed by atoms with Gasteiger partial charge in [-0.2, -0.15) is 0 Å². The van der Waals surface area contributed by atoms with E-state index in [1.165, 1.54) is 5.56 Å². The van der Waals surface area contributed by atoms with Gasteiger partial charge in [-0.3, -0.25) is 0 Å². The maximum Gasteiger partial charge on any atom is 0.0468 e. The number of rotatable bonds is 5. The number of benzene rings is 1. The monoisotopic (exact) mass is 247 g/mol. The van der Waals surface area contributed by atoms with E-state index in [0.717, 1.165) is 51.2 Å². The van der Waals surface area contributed by atoms with Crippen molar-refractivity contribution in [1.82, 2.24) is 0 Å². The Kier molecular flexibility index (Phi) is 4.79. The van der Waals surface area contributed by atoms with Crippen molar-refractivity contribution in [3.05, 3.63) is 35.9 Å². The maximum absolute atomic E-state index is 6.72. The lowest BCUT2D eigenvalue weighted by Gasteiger charge is -2.35. The third-order valence-corrected chi connectivity index (χ3v) is 4.04. The fourth-order valence-corrected chi connectivity index (χ4v) is 3.05. The number of hydrogen-bond donors (Lipinski definition) is 1. The number of ether oxygens (including phenoxy) is 1. The van der Waals surface area contributed by atoms with Gasteiger partial charge in [-0.25, -0.2) is 0 Å². The van der Waals surface area contributed by atoms with Crippen molar-refractivity contribution in [2.75, 3.05) is 13.2 Å². The summed E-state index contributed by atoms with van der Waals surface area (Å²) in [6.07, 6.45) is 5.61. The van der Waals surface area contributed by atoms with Crippen LogP contribution >= 0.6 is 0 Å². The zero-order valence-corrected chi connectivity index (χ0v) is 11.4. The summed E-state index contributed by atoms with van der Waals surface area (Å²) in [5.74, 6) is 0.718. The molecule has 0 radical (unpaired) electrons. The van der Waals surface area contributed by atoms with Crippen LogP contribution in [-0.4, -0.2) is 13.2 Å². The van der Waals surface area contributed by atoms with Gasteiger partial charge in [0.1, 0.15) is 0 Å². The predicted octanol–water partition coefficient (Wildman–Crippen LogP) is 3.46. The third-order valence-electron chi connectivity index (χ3n) is 4.04. The molecule has 1 aliphatic rings. The lowest BCUT2D eigenvalue weighted by molar-refractivity contribution is 0.0550. The van der Waals surface area contributed by atoms with E-state index in [2.05, 4.69) is 37.3 Å². The highest BCUT2D eigenvalue weighted by Gasteiger charge is 2.30. The molecule has 1 aromatic carbocycles. The molecule has 2 heteroatoms. The zero-order chi connectivity index (χ0) is 12.8. The van der Waals surface area contributed by atoms with Crippen molar-refractivity contribution in [1.29, 1.82) is 0 Å². The largest absolute Gasteiger partial charge is 0.381 e. The molecular weight excluding hydrogens is 222 g/mol. The van der Waals surface area contributed by atoms with Crippen molar-refractivity contribution in [2.45, 2.75) is 44.6 Å². The molecule has 1 fully saturated rings. The third kappa shape index (κ3) is 3.33. The molecule has 2 nitrogen and oxygen atoms in total. The van der Waals surface area contributed by atoms with Gasteiger partial charge in [0.15, 0.2) is 0 Å². The molecule has 1 unspecified atom stereocenters. The van der Waals surface area contributed by atoms with Crippen LogP contribution in [0, 0.1) is 5.92 Å². The van der Waals surface area contributed by atoms with E-state index >= 15 is 0 Å². The first-order chi connectivity index (χ1) is 8.74. The Hall–Kier alpha value is -0.860. The second-order valence-corrected chi connectivity index (χ2v) is 5.53. The van der Waals surface area contributed by atoms with Crippen molar-refractivity contribution in [3.8, 4) is 0 Å². The van der Waals surface area contributed by atoms with Crippen LogP contribution in [0.2, 0.25) is 0 Å². The Morgan fingerprint density at radius 1 is 1.22 bits per heavy atom. The summed E-state index contributed by atoms with van der Waals surface area (Å²) in [4.78, 5) is 0. The van der Waals surface area contributed by atoms with E-state index in [-0.39, 0.29) is 5.54 Å². The van der Waals surface area contributed by atoms with Crippen LogP contribution in [0.1, 0.15) is 44.6 Å². The first-order valence-electron chi connectivity index (χ1n) is 7.17. The Bertz CT molecular complexity index is 345. The molecule has 2 N–H and O–H groups in total.